The van der Waals surface area contributed by atoms with Crippen molar-refractivity contribution in [3.05, 3.63) is 86.2 Å². The molecule has 198 valence electrons. The molecule has 0 bridgehead atoms. The summed E-state index contributed by atoms with van der Waals surface area (Å²) in [5.74, 6) is -4.58. The number of ether oxygens (including phenoxy) is 1. The molecule has 38 heavy (non-hydrogen) atoms. The molecule has 1 amide bonds. The number of hydrogen-bond acceptors (Lipinski definition) is 7. The van der Waals surface area contributed by atoms with Crippen molar-refractivity contribution < 1.29 is 28.5 Å². The molecule has 0 spiro atoms. The summed E-state index contributed by atoms with van der Waals surface area (Å²) >= 11 is 6.17. The van der Waals surface area contributed by atoms with Crippen LogP contribution in [0, 0.1) is 0 Å². The van der Waals surface area contributed by atoms with Gasteiger partial charge in [0.1, 0.15) is 6.10 Å². The minimum absolute atomic E-state index is 0.141. The first-order valence-electron chi connectivity index (χ1n) is 11.2. The molecule has 4 aromatic rings. The van der Waals surface area contributed by atoms with Crippen molar-refractivity contribution >= 4 is 47.7 Å². The molecule has 3 N–H and O–H groups in total. The Morgan fingerprint density at radius 2 is 1.97 bits per heavy atom. The zero-order chi connectivity index (χ0) is 27.2. The standard InChI is InChI=1S/C24H19ClF2N4O6Se/c25-14-9-12(5-6-15(14)31-21(35)13-3-1-2-4-17(13)38-31)10-19(33)28-18-7-8-30(23(36)29-18)22-24(26,27)20(34)16(11-32)37-22/h1-9,16,20,22,32,34H,10-11H2,(H,28,29,33,36). The number of benzene rings is 2. The summed E-state index contributed by atoms with van der Waals surface area (Å²) in [5.41, 5.74) is -0.231. The Morgan fingerprint density at radius 1 is 1.21 bits per heavy atom. The van der Waals surface area contributed by atoms with E-state index < -0.39 is 42.6 Å². The summed E-state index contributed by atoms with van der Waals surface area (Å²) in [5, 5.41) is 22.1. The Labute approximate surface area is 223 Å². The van der Waals surface area contributed by atoms with Crippen LogP contribution in [0.2, 0.25) is 5.02 Å². The van der Waals surface area contributed by atoms with Crippen molar-refractivity contribution in [1.82, 2.24) is 13.1 Å². The third-order valence-electron chi connectivity index (χ3n) is 6.00. The number of carbonyl (C=O) groups is 1. The van der Waals surface area contributed by atoms with Crippen molar-refractivity contribution in [3.63, 3.8) is 0 Å². The third kappa shape index (κ3) is 4.73. The number of alkyl halides is 2. The normalized spacial score (nSPS) is 20.6. The van der Waals surface area contributed by atoms with E-state index in [0.29, 0.717) is 26.2 Å². The van der Waals surface area contributed by atoms with E-state index in [-0.39, 0.29) is 32.5 Å². The Balaban J connectivity index is 1.29. The molecule has 3 unspecified atom stereocenters. The number of halogens is 3. The van der Waals surface area contributed by atoms with Crippen LogP contribution < -0.4 is 16.6 Å². The number of aromatic nitrogens is 3. The molecule has 1 fully saturated rings. The van der Waals surface area contributed by atoms with Crippen LogP contribution in [-0.2, 0) is 16.0 Å². The second kappa shape index (κ2) is 10.2. The molecule has 1 aliphatic rings. The van der Waals surface area contributed by atoms with E-state index in [4.69, 9.17) is 21.4 Å². The fraction of sp³-hybridized carbons (Fsp3) is 0.250. The molecule has 1 aliphatic heterocycles. The number of aliphatic hydroxyl groups is 2. The van der Waals surface area contributed by atoms with Crippen LogP contribution in [0.25, 0.3) is 15.3 Å². The molecule has 10 nitrogen and oxygen atoms in total. The Bertz CT molecular complexity index is 1650. The van der Waals surface area contributed by atoms with Gasteiger partial charge in [-0.2, -0.15) is 8.78 Å². The summed E-state index contributed by atoms with van der Waals surface area (Å²) in [4.78, 5) is 41.3. The maximum absolute atomic E-state index is 14.3. The van der Waals surface area contributed by atoms with Gasteiger partial charge in [0, 0.05) is 0 Å². The predicted octanol–water partition coefficient (Wildman–Crippen LogP) is 1.32. The van der Waals surface area contributed by atoms with Crippen LogP contribution in [-0.4, -0.2) is 68.7 Å². The van der Waals surface area contributed by atoms with Crippen molar-refractivity contribution in [2.24, 2.45) is 0 Å². The molecular weight excluding hydrogens is 593 g/mol. The van der Waals surface area contributed by atoms with Crippen LogP contribution in [0.4, 0.5) is 14.6 Å². The summed E-state index contributed by atoms with van der Waals surface area (Å²) in [6.45, 7) is -0.864. The van der Waals surface area contributed by atoms with Crippen LogP contribution in [0.3, 0.4) is 0 Å². The number of nitrogens with one attached hydrogen (secondary N) is 1. The topological polar surface area (TPSA) is 136 Å². The minimum atomic E-state index is -3.85. The van der Waals surface area contributed by atoms with E-state index in [1.54, 1.807) is 33.9 Å². The van der Waals surface area contributed by atoms with Gasteiger partial charge in [0.2, 0.25) is 6.23 Å². The second-order valence-corrected chi connectivity index (χ2v) is 11.0. The van der Waals surface area contributed by atoms with E-state index in [0.717, 1.165) is 16.5 Å². The van der Waals surface area contributed by atoms with Gasteiger partial charge >= 0.3 is 175 Å². The van der Waals surface area contributed by atoms with E-state index >= 15 is 0 Å². The first-order valence-corrected chi connectivity index (χ1v) is 13.2. The number of aliphatic hydroxyl groups excluding tert-OH is 2. The summed E-state index contributed by atoms with van der Waals surface area (Å²) in [6, 6.07) is 13.3. The molecule has 2 aromatic carbocycles. The van der Waals surface area contributed by atoms with E-state index in [9.17, 15) is 28.3 Å². The van der Waals surface area contributed by atoms with Crippen LogP contribution in [0.1, 0.15) is 11.8 Å². The van der Waals surface area contributed by atoms with Crippen LogP contribution in [0.5, 0.6) is 0 Å². The zero-order valence-electron chi connectivity index (χ0n) is 19.3. The molecule has 0 aliphatic carbocycles. The molecule has 3 atom stereocenters. The van der Waals surface area contributed by atoms with Crippen LogP contribution in [0.15, 0.2) is 64.3 Å². The Kier molecular flexibility index (Phi) is 7.07. The number of fused-ring (bicyclic) bond motifs is 1. The monoisotopic (exact) mass is 612 g/mol. The number of hydrogen-bond donors (Lipinski definition) is 3. The van der Waals surface area contributed by atoms with Gasteiger partial charge in [-0.1, -0.05) is 0 Å². The van der Waals surface area contributed by atoms with E-state index in [1.165, 1.54) is 0 Å². The third-order valence-corrected chi connectivity index (χ3v) is 8.60. The fourth-order valence-corrected chi connectivity index (χ4v) is 6.67. The first-order chi connectivity index (χ1) is 18.1. The predicted molar refractivity (Wildman–Crippen MR) is 134 cm³/mol. The van der Waals surface area contributed by atoms with Gasteiger partial charge < -0.3 is 14.9 Å². The van der Waals surface area contributed by atoms with Gasteiger partial charge in [0.05, 0.1) is 6.61 Å². The number of amides is 1. The molecule has 0 radical (unpaired) electrons. The van der Waals surface area contributed by atoms with Gasteiger partial charge in [-0.25, -0.2) is 0 Å². The quantitative estimate of drug-likeness (QED) is 0.280. The van der Waals surface area contributed by atoms with Gasteiger partial charge in [-0.05, 0) is 0 Å². The molecule has 3 heterocycles. The van der Waals surface area contributed by atoms with Crippen molar-refractivity contribution in [2.45, 2.75) is 30.8 Å². The Morgan fingerprint density at radius 3 is 2.63 bits per heavy atom. The number of nitrogens with zero attached hydrogens (tertiary/aromatic N) is 3. The van der Waals surface area contributed by atoms with E-state index in [2.05, 4.69) is 10.3 Å². The zero-order valence-corrected chi connectivity index (χ0v) is 21.7. The van der Waals surface area contributed by atoms with E-state index in [1.807, 2.05) is 12.1 Å². The average Bonchev–Trinajstić information content (AvgIpc) is 3.32. The SMILES string of the molecule is O=C(Cc1ccc(-n2[se]c3ccccc3c2=O)c(Cl)c1)Nc1ccn(C2OC(CO)C(O)C2(F)F)c(=O)n1. The summed E-state index contributed by atoms with van der Waals surface area (Å²) in [6.07, 6.45) is -5.23. The summed E-state index contributed by atoms with van der Waals surface area (Å²) in [7, 11) is 0. The van der Waals surface area contributed by atoms with Gasteiger partial charge in [-0.15, -0.1) is 0 Å². The molecule has 0 saturated carbocycles. The Hall–Kier alpha value is -3.19. The molecule has 1 saturated heterocycles. The van der Waals surface area contributed by atoms with Crippen LogP contribution >= 0.6 is 11.6 Å². The molecular formula is C24H19ClF2N4O6Se. The molecule has 2 aromatic heterocycles. The molecule has 14 heteroatoms. The second-order valence-electron chi connectivity index (χ2n) is 8.53. The summed E-state index contributed by atoms with van der Waals surface area (Å²) < 4.78 is 36.6. The fourth-order valence-electron chi connectivity index (χ4n) is 4.11. The van der Waals surface area contributed by atoms with Gasteiger partial charge in [-0.3, -0.25) is 0 Å². The average molecular weight is 612 g/mol. The maximum atomic E-state index is 14.3. The van der Waals surface area contributed by atoms with Gasteiger partial charge in [0.25, 0.3) is 0 Å². The number of rotatable bonds is 6. The first kappa shape index (κ1) is 26.4. The van der Waals surface area contributed by atoms with Crippen molar-refractivity contribution in [2.75, 3.05) is 11.9 Å². The van der Waals surface area contributed by atoms with Gasteiger partial charge in [0.15, 0.2) is 6.10 Å². The van der Waals surface area contributed by atoms with Crippen molar-refractivity contribution in [1.29, 1.82) is 0 Å². The van der Waals surface area contributed by atoms with Crippen molar-refractivity contribution in [3.8, 4) is 5.69 Å². The molecule has 5 rings (SSSR count). The number of anilines is 1. The number of carbonyl (C=O) groups excluding carboxylic acids is 1.